The quantitative estimate of drug-likeness (QED) is 0.232. The number of hydrogen-bond donors (Lipinski definition) is 1. The molecule has 0 aliphatic heterocycles. The fourth-order valence-electron chi connectivity index (χ4n) is 3.94. The molecule has 0 amide bonds. The first kappa shape index (κ1) is 31.5. The topological polar surface area (TPSA) is 47.6 Å². The molecule has 1 N–H and O–H groups in total. The van der Waals surface area contributed by atoms with Gasteiger partial charge in [-0.25, -0.2) is 17.7 Å². The number of alkyl halides is 4. The fourth-order valence-corrected chi connectivity index (χ4v) is 4.80. The zero-order valence-electron chi connectivity index (χ0n) is 22.6. The Balaban J connectivity index is 2.23. The van der Waals surface area contributed by atoms with Gasteiger partial charge in [-0.05, 0) is 75.6 Å². The zero-order chi connectivity index (χ0) is 29.8. The van der Waals surface area contributed by atoms with Crippen molar-refractivity contribution in [3.63, 3.8) is 0 Å². The van der Waals surface area contributed by atoms with E-state index in [2.05, 4.69) is 9.46 Å². The summed E-state index contributed by atoms with van der Waals surface area (Å²) in [5.41, 5.74) is 0.855. The number of benzene rings is 3. The van der Waals surface area contributed by atoms with Gasteiger partial charge in [-0.1, -0.05) is 36.4 Å². The average molecular weight is 588 g/mol. The molecule has 0 saturated heterocycles. The van der Waals surface area contributed by atoms with E-state index in [4.69, 9.17) is 4.74 Å². The largest absolute Gasteiger partial charge is 0.488 e. The third kappa shape index (κ3) is 8.00. The molecule has 0 saturated carbocycles. The van der Waals surface area contributed by atoms with Crippen molar-refractivity contribution in [2.75, 3.05) is 0 Å². The van der Waals surface area contributed by atoms with Gasteiger partial charge in [0.15, 0.2) is 11.6 Å². The van der Waals surface area contributed by atoms with E-state index < -0.39 is 57.6 Å². The lowest BCUT2D eigenvalue weighted by molar-refractivity contribution is -0.253. The van der Waals surface area contributed by atoms with Gasteiger partial charge in [0.2, 0.25) is 0 Å². The highest BCUT2D eigenvalue weighted by atomic mass is 32.2. The molecule has 0 aromatic heterocycles. The van der Waals surface area contributed by atoms with Gasteiger partial charge in [0, 0.05) is 12.0 Å². The highest BCUT2D eigenvalue weighted by molar-refractivity contribution is 7.84. The summed E-state index contributed by atoms with van der Waals surface area (Å²) >= 11 is 0. The van der Waals surface area contributed by atoms with Gasteiger partial charge in [0.1, 0.15) is 11.6 Å². The lowest BCUT2D eigenvalue weighted by Gasteiger charge is -2.32. The monoisotopic (exact) mass is 587 g/mol. The smallest absolute Gasteiger partial charge is 0.461 e. The summed E-state index contributed by atoms with van der Waals surface area (Å²) in [6.45, 7) is 8.61. The van der Waals surface area contributed by atoms with E-state index >= 15 is 4.39 Å². The van der Waals surface area contributed by atoms with Gasteiger partial charge in [-0.15, -0.1) is 0 Å². The van der Waals surface area contributed by atoms with Gasteiger partial charge < -0.3 is 9.47 Å². The first-order valence-electron chi connectivity index (χ1n) is 12.4. The predicted molar refractivity (Wildman–Crippen MR) is 142 cm³/mol. The molecule has 3 atom stereocenters. The van der Waals surface area contributed by atoms with Crippen LogP contribution < -0.4 is 14.2 Å². The van der Waals surface area contributed by atoms with Crippen molar-refractivity contribution in [2.24, 2.45) is 0 Å². The molecule has 0 aliphatic carbocycles. The Morgan fingerprint density at radius 1 is 0.850 bits per heavy atom. The van der Waals surface area contributed by atoms with Gasteiger partial charge in [-0.3, -0.25) is 0 Å². The van der Waals surface area contributed by atoms with Crippen molar-refractivity contribution in [1.29, 1.82) is 0 Å². The van der Waals surface area contributed by atoms with Crippen LogP contribution in [0.15, 0.2) is 66.7 Å². The minimum Gasteiger partial charge on any atom is -0.488 e. The van der Waals surface area contributed by atoms with Crippen LogP contribution in [-0.4, -0.2) is 27.6 Å². The number of halogens is 6. The SMILES string of the molecule is CC(C)Oc1ccc(C(NS(=O)C(C)(C)C)[C@H](c2ccccc2)c2cc(F)cc(OC(F)(F)C(F)F)c2)cc1F. The summed E-state index contributed by atoms with van der Waals surface area (Å²) in [5.74, 6) is -3.53. The Morgan fingerprint density at radius 3 is 2.05 bits per heavy atom. The molecule has 2 unspecified atom stereocenters. The number of hydrogen-bond acceptors (Lipinski definition) is 3. The van der Waals surface area contributed by atoms with Crippen LogP contribution in [0.5, 0.6) is 11.5 Å². The Kier molecular flexibility index (Phi) is 9.94. The number of nitrogens with one attached hydrogen (secondary N) is 1. The second kappa shape index (κ2) is 12.6. The van der Waals surface area contributed by atoms with Crippen LogP contribution in [0.4, 0.5) is 26.3 Å². The van der Waals surface area contributed by atoms with Crippen LogP contribution in [0.1, 0.15) is 63.3 Å². The highest BCUT2D eigenvalue weighted by Gasteiger charge is 2.44. The lowest BCUT2D eigenvalue weighted by Crippen LogP contribution is -2.38. The van der Waals surface area contributed by atoms with Crippen LogP contribution in [0.25, 0.3) is 0 Å². The van der Waals surface area contributed by atoms with Crippen molar-refractivity contribution in [3.05, 3.63) is 95.1 Å². The Morgan fingerprint density at radius 2 is 1.50 bits per heavy atom. The van der Waals surface area contributed by atoms with E-state index in [1.54, 1.807) is 71.0 Å². The van der Waals surface area contributed by atoms with E-state index in [9.17, 15) is 26.2 Å². The molecule has 40 heavy (non-hydrogen) atoms. The van der Waals surface area contributed by atoms with Gasteiger partial charge >= 0.3 is 12.5 Å². The Labute approximate surface area is 232 Å². The Bertz CT molecular complexity index is 1310. The molecular formula is C29H31F6NO3S. The maximum atomic E-state index is 15.1. The summed E-state index contributed by atoms with van der Waals surface area (Å²) < 4.78 is 108. The van der Waals surface area contributed by atoms with Crippen LogP contribution >= 0.6 is 0 Å². The van der Waals surface area contributed by atoms with Crippen molar-refractivity contribution < 1.29 is 40.0 Å². The van der Waals surface area contributed by atoms with E-state index in [1.165, 1.54) is 12.1 Å². The molecule has 4 nitrogen and oxygen atoms in total. The first-order valence-corrected chi connectivity index (χ1v) is 13.6. The standard InChI is InChI=1S/C29H31F6NO3S/c1-17(2)38-24-12-11-19(15-23(24)31)26(36-40(37)28(3,4)5)25(18-9-7-6-8-10-18)20-13-21(30)16-22(14-20)39-29(34,35)27(32)33/h6-17,25-27,36H,1-5H3/t25-,26?,40?/m1/s1. The maximum absolute atomic E-state index is 15.1. The van der Waals surface area contributed by atoms with Crippen LogP contribution in [0.3, 0.4) is 0 Å². The molecule has 0 fully saturated rings. The molecular weight excluding hydrogens is 556 g/mol. The zero-order valence-corrected chi connectivity index (χ0v) is 23.4. The van der Waals surface area contributed by atoms with Gasteiger partial charge in [0.05, 0.1) is 27.9 Å². The summed E-state index contributed by atoms with van der Waals surface area (Å²) in [6.07, 6.45) is -9.33. The van der Waals surface area contributed by atoms with Gasteiger partial charge in [-0.2, -0.15) is 17.6 Å². The predicted octanol–water partition coefficient (Wildman–Crippen LogP) is 7.91. The third-order valence-electron chi connectivity index (χ3n) is 5.72. The van der Waals surface area contributed by atoms with E-state index in [0.29, 0.717) is 17.2 Å². The van der Waals surface area contributed by atoms with Gasteiger partial charge in [0.25, 0.3) is 0 Å². The van der Waals surface area contributed by atoms with Crippen molar-refractivity contribution in [1.82, 2.24) is 4.72 Å². The normalized spacial score (nSPS) is 14.7. The lowest BCUT2D eigenvalue weighted by atomic mass is 9.82. The fraction of sp³-hybridized carbons (Fsp3) is 0.379. The number of rotatable bonds is 11. The van der Waals surface area contributed by atoms with Crippen molar-refractivity contribution in [2.45, 2.75) is 70.0 Å². The minimum atomic E-state index is -4.87. The Hall–Kier alpha value is -3.05. The molecule has 3 aromatic rings. The molecule has 0 radical (unpaired) electrons. The number of ether oxygens (including phenoxy) is 2. The second-order valence-corrected chi connectivity index (χ2v) is 12.4. The summed E-state index contributed by atoms with van der Waals surface area (Å²) in [6, 6.07) is 14.2. The minimum absolute atomic E-state index is 0.0126. The summed E-state index contributed by atoms with van der Waals surface area (Å²) in [4.78, 5) is 0. The average Bonchev–Trinajstić information content (AvgIpc) is 2.84. The van der Waals surface area contributed by atoms with Crippen LogP contribution in [0, 0.1) is 11.6 Å². The summed E-state index contributed by atoms with van der Waals surface area (Å²) in [5, 5.41) is 0. The highest BCUT2D eigenvalue weighted by Crippen LogP contribution is 2.41. The van der Waals surface area contributed by atoms with Crippen LogP contribution in [0.2, 0.25) is 0 Å². The molecule has 0 bridgehead atoms. The maximum Gasteiger partial charge on any atom is 0.461 e. The molecule has 11 heteroatoms. The second-order valence-electron chi connectivity index (χ2n) is 10.4. The molecule has 0 spiro atoms. The first-order chi connectivity index (χ1) is 18.6. The van der Waals surface area contributed by atoms with E-state index in [-0.39, 0.29) is 17.4 Å². The van der Waals surface area contributed by atoms with Crippen molar-refractivity contribution >= 4 is 11.0 Å². The summed E-state index contributed by atoms with van der Waals surface area (Å²) in [7, 11) is -1.74. The third-order valence-corrected chi connectivity index (χ3v) is 7.30. The molecule has 0 heterocycles. The van der Waals surface area contributed by atoms with E-state index in [1.807, 2.05) is 0 Å². The molecule has 3 aromatic carbocycles. The molecule has 3 rings (SSSR count). The van der Waals surface area contributed by atoms with Crippen LogP contribution in [-0.2, 0) is 11.0 Å². The van der Waals surface area contributed by atoms with E-state index in [0.717, 1.165) is 12.1 Å². The molecule has 0 aliphatic rings. The molecule has 218 valence electrons. The van der Waals surface area contributed by atoms with Crippen molar-refractivity contribution in [3.8, 4) is 11.5 Å².